The lowest BCUT2D eigenvalue weighted by molar-refractivity contribution is 1.33. The zero-order chi connectivity index (χ0) is 10.3. The van der Waals surface area contributed by atoms with Gasteiger partial charge in [0.2, 0.25) is 0 Å². The lowest BCUT2D eigenvalue weighted by atomic mass is 10.2. The Balaban J connectivity index is 2.91. The SMILES string of the molecule is Cc1c(Cl)nc2cc(Cl)ccc2c1Cl. The third-order valence-electron chi connectivity index (χ3n) is 2.05. The Morgan fingerprint density at radius 3 is 2.57 bits per heavy atom. The number of hydrogen-bond acceptors (Lipinski definition) is 1. The molecule has 0 radical (unpaired) electrons. The second-order valence-electron chi connectivity index (χ2n) is 3.00. The number of nitrogens with zero attached hydrogens (tertiary/aromatic N) is 1. The van der Waals surface area contributed by atoms with Gasteiger partial charge in [-0.3, -0.25) is 0 Å². The van der Waals surface area contributed by atoms with E-state index < -0.39 is 0 Å². The normalized spacial score (nSPS) is 10.9. The van der Waals surface area contributed by atoms with E-state index in [1.54, 1.807) is 12.1 Å². The number of pyridine rings is 1. The van der Waals surface area contributed by atoms with Gasteiger partial charge in [-0.15, -0.1) is 0 Å². The zero-order valence-corrected chi connectivity index (χ0v) is 9.58. The number of rotatable bonds is 0. The van der Waals surface area contributed by atoms with Crippen LogP contribution in [0.25, 0.3) is 10.9 Å². The van der Waals surface area contributed by atoms with Crippen LogP contribution in [-0.4, -0.2) is 4.98 Å². The fourth-order valence-electron chi connectivity index (χ4n) is 1.27. The molecule has 0 aliphatic heterocycles. The van der Waals surface area contributed by atoms with Gasteiger partial charge in [0.1, 0.15) is 5.15 Å². The van der Waals surface area contributed by atoms with Crippen molar-refractivity contribution < 1.29 is 0 Å². The molecule has 0 saturated heterocycles. The second-order valence-corrected chi connectivity index (χ2v) is 4.18. The largest absolute Gasteiger partial charge is 0.236 e. The van der Waals surface area contributed by atoms with Gasteiger partial charge >= 0.3 is 0 Å². The first kappa shape index (κ1) is 10.0. The molecule has 0 aliphatic rings. The molecule has 2 aromatic rings. The van der Waals surface area contributed by atoms with E-state index in [-0.39, 0.29) is 0 Å². The van der Waals surface area contributed by atoms with E-state index in [0.717, 1.165) is 16.5 Å². The fraction of sp³-hybridized carbons (Fsp3) is 0.100. The molecule has 1 aromatic heterocycles. The Bertz CT molecular complexity index is 508. The fourth-order valence-corrected chi connectivity index (χ4v) is 1.91. The van der Waals surface area contributed by atoms with Gasteiger partial charge in [0.05, 0.1) is 10.5 Å². The molecule has 0 spiro atoms. The van der Waals surface area contributed by atoms with E-state index >= 15 is 0 Å². The van der Waals surface area contributed by atoms with Crippen molar-refractivity contribution in [2.45, 2.75) is 6.92 Å². The highest BCUT2D eigenvalue weighted by molar-refractivity contribution is 6.39. The Morgan fingerprint density at radius 1 is 1.14 bits per heavy atom. The van der Waals surface area contributed by atoms with Crippen LogP contribution in [0.4, 0.5) is 0 Å². The summed E-state index contributed by atoms with van der Waals surface area (Å²) < 4.78 is 0. The van der Waals surface area contributed by atoms with Gasteiger partial charge in [-0.05, 0) is 25.1 Å². The molecule has 0 fully saturated rings. The number of hydrogen-bond donors (Lipinski definition) is 0. The van der Waals surface area contributed by atoms with Crippen LogP contribution >= 0.6 is 34.8 Å². The lowest BCUT2D eigenvalue weighted by Gasteiger charge is -2.05. The van der Waals surface area contributed by atoms with Crippen molar-refractivity contribution in [3.8, 4) is 0 Å². The number of benzene rings is 1. The lowest BCUT2D eigenvalue weighted by Crippen LogP contribution is -1.86. The van der Waals surface area contributed by atoms with Crippen LogP contribution in [-0.2, 0) is 0 Å². The predicted octanol–water partition coefficient (Wildman–Crippen LogP) is 4.50. The van der Waals surface area contributed by atoms with Gasteiger partial charge in [-0.1, -0.05) is 34.8 Å². The number of aromatic nitrogens is 1. The van der Waals surface area contributed by atoms with Crippen LogP contribution in [0.15, 0.2) is 18.2 Å². The van der Waals surface area contributed by atoms with Gasteiger partial charge in [0.25, 0.3) is 0 Å². The van der Waals surface area contributed by atoms with Crippen LogP contribution in [0.1, 0.15) is 5.56 Å². The average molecular weight is 247 g/mol. The maximum atomic E-state index is 6.12. The van der Waals surface area contributed by atoms with Gasteiger partial charge in [-0.25, -0.2) is 4.98 Å². The van der Waals surface area contributed by atoms with E-state index in [9.17, 15) is 0 Å². The quantitative estimate of drug-likeness (QED) is 0.624. The van der Waals surface area contributed by atoms with E-state index in [1.165, 1.54) is 0 Å². The summed E-state index contributed by atoms with van der Waals surface area (Å²) in [4.78, 5) is 4.19. The first-order valence-corrected chi connectivity index (χ1v) is 5.14. The van der Waals surface area contributed by atoms with Crippen LogP contribution in [0.5, 0.6) is 0 Å². The minimum Gasteiger partial charge on any atom is -0.236 e. The molecule has 1 aromatic carbocycles. The molecule has 14 heavy (non-hydrogen) atoms. The van der Waals surface area contributed by atoms with E-state index in [4.69, 9.17) is 34.8 Å². The summed E-state index contributed by atoms with van der Waals surface area (Å²) in [6, 6.07) is 5.37. The molecule has 0 atom stereocenters. The maximum absolute atomic E-state index is 6.12. The predicted molar refractivity (Wildman–Crippen MR) is 61.5 cm³/mol. The van der Waals surface area contributed by atoms with Crippen LogP contribution in [0, 0.1) is 6.92 Å². The highest BCUT2D eigenvalue weighted by Gasteiger charge is 2.08. The first-order valence-electron chi connectivity index (χ1n) is 4.00. The molecule has 2 rings (SSSR count). The van der Waals surface area contributed by atoms with Crippen molar-refractivity contribution in [1.29, 1.82) is 0 Å². The summed E-state index contributed by atoms with van der Waals surface area (Å²) >= 11 is 17.9. The molecule has 0 N–H and O–H groups in total. The van der Waals surface area contributed by atoms with Gasteiger partial charge in [0.15, 0.2) is 0 Å². The minimum atomic E-state index is 0.421. The molecule has 0 aliphatic carbocycles. The number of fused-ring (bicyclic) bond motifs is 1. The van der Waals surface area contributed by atoms with Crippen molar-refractivity contribution in [3.05, 3.63) is 39.0 Å². The Labute approximate surface area is 96.6 Å². The van der Waals surface area contributed by atoms with Crippen molar-refractivity contribution in [2.75, 3.05) is 0 Å². The van der Waals surface area contributed by atoms with Crippen molar-refractivity contribution >= 4 is 45.7 Å². The monoisotopic (exact) mass is 245 g/mol. The maximum Gasteiger partial charge on any atom is 0.134 e. The van der Waals surface area contributed by atoms with Gasteiger partial charge in [-0.2, -0.15) is 0 Å². The standard InChI is InChI=1S/C10H6Cl3N/c1-5-9(12)7-3-2-6(11)4-8(7)14-10(5)13/h2-4H,1H3. The summed E-state index contributed by atoms with van der Waals surface area (Å²) in [5.74, 6) is 0. The third kappa shape index (κ3) is 1.56. The summed E-state index contributed by atoms with van der Waals surface area (Å²) in [7, 11) is 0. The highest BCUT2D eigenvalue weighted by atomic mass is 35.5. The van der Waals surface area contributed by atoms with Crippen molar-refractivity contribution in [1.82, 2.24) is 4.98 Å². The molecule has 0 unspecified atom stereocenters. The van der Waals surface area contributed by atoms with E-state index in [0.29, 0.717) is 15.2 Å². The van der Waals surface area contributed by atoms with Gasteiger partial charge < -0.3 is 0 Å². The Kier molecular flexibility index (Phi) is 2.56. The Hall–Kier alpha value is -0.500. The second kappa shape index (κ2) is 3.58. The van der Waals surface area contributed by atoms with Crippen LogP contribution < -0.4 is 0 Å². The van der Waals surface area contributed by atoms with Crippen molar-refractivity contribution in [3.63, 3.8) is 0 Å². The Morgan fingerprint density at radius 2 is 1.86 bits per heavy atom. The molecule has 4 heteroatoms. The minimum absolute atomic E-state index is 0.421. The summed E-state index contributed by atoms with van der Waals surface area (Å²) in [6.45, 7) is 1.84. The molecular formula is C10H6Cl3N. The van der Waals surface area contributed by atoms with E-state index in [2.05, 4.69) is 4.98 Å². The topological polar surface area (TPSA) is 12.9 Å². The smallest absolute Gasteiger partial charge is 0.134 e. The molecule has 0 amide bonds. The molecule has 1 nitrogen and oxygen atoms in total. The van der Waals surface area contributed by atoms with E-state index in [1.807, 2.05) is 13.0 Å². The molecule has 0 bridgehead atoms. The molecule has 1 heterocycles. The van der Waals surface area contributed by atoms with Crippen molar-refractivity contribution in [2.24, 2.45) is 0 Å². The third-order valence-corrected chi connectivity index (χ3v) is 3.14. The molecule has 72 valence electrons. The highest BCUT2D eigenvalue weighted by Crippen LogP contribution is 2.31. The van der Waals surface area contributed by atoms with Gasteiger partial charge in [0, 0.05) is 16.0 Å². The molecule has 0 saturated carbocycles. The summed E-state index contributed by atoms with van der Waals surface area (Å²) in [6.07, 6.45) is 0. The summed E-state index contributed by atoms with van der Waals surface area (Å²) in [5, 5.41) is 2.56. The zero-order valence-electron chi connectivity index (χ0n) is 7.31. The molecular weight excluding hydrogens is 240 g/mol. The number of halogens is 3. The summed E-state index contributed by atoms with van der Waals surface area (Å²) in [5.41, 5.74) is 1.52. The average Bonchev–Trinajstić information content (AvgIpc) is 2.14. The van der Waals surface area contributed by atoms with Crippen LogP contribution in [0.2, 0.25) is 15.2 Å². The van der Waals surface area contributed by atoms with Crippen LogP contribution in [0.3, 0.4) is 0 Å². The first-order chi connectivity index (χ1) is 6.59.